The van der Waals surface area contributed by atoms with Gasteiger partial charge in [-0.3, -0.25) is 4.84 Å². The van der Waals surface area contributed by atoms with Gasteiger partial charge in [-0.25, -0.2) is 5.90 Å². The van der Waals surface area contributed by atoms with Crippen molar-refractivity contribution < 1.29 is 4.84 Å². The van der Waals surface area contributed by atoms with Gasteiger partial charge in [0.2, 0.25) is 0 Å². The molecular formula is C7H15NO. The van der Waals surface area contributed by atoms with Gasteiger partial charge in [-0.2, -0.15) is 0 Å². The Morgan fingerprint density at radius 2 is 1.78 bits per heavy atom. The van der Waals surface area contributed by atoms with E-state index in [1.54, 1.807) is 0 Å². The minimum absolute atomic E-state index is 0.00174. The van der Waals surface area contributed by atoms with E-state index in [-0.39, 0.29) is 5.60 Å². The van der Waals surface area contributed by atoms with Crippen molar-refractivity contribution in [3.8, 4) is 0 Å². The summed E-state index contributed by atoms with van der Waals surface area (Å²) in [6, 6.07) is 0. The maximum absolute atomic E-state index is 5.14. The zero-order chi connectivity index (χ0) is 6.74. The molecule has 2 nitrogen and oxygen atoms in total. The number of nitrogens with two attached hydrogens (primary N) is 1. The highest BCUT2D eigenvalue weighted by Gasteiger charge is 2.26. The van der Waals surface area contributed by atoms with Crippen molar-refractivity contribution in [1.29, 1.82) is 0 Å². The fraction of sp³-hybridized carbons (Fsp3) is 1.00. The van der Waals surface area contributed by atoms with Crippen molar-refractivity contribution in [2.24, 2.45) is 5.90 Å². The molecule has 0 aromatic heterocycles. The second-order valence-electron chi connectivity index (χ2n) is 3.13. The molecule has 54 valence electrons. The van der Waals surface area contributed by atoms with Crippen LogP contribution in [0.5, 0.6) is 0 Å². The summed E-state index contributed by atoms with van der Waals surface area (Å²) in [6.07, 6.45) is 6.15. The quantitative estimate of drug-likeness (QED) is 0.546. The number of hydrogen-bond acceptors (Lipinski definition) is 2. The first-order chi connectivity index (χ1) is 4.27. The normalized spacial score (nSPS) is 26.0. The molecule has 0 aromatic carbocycles. The van der Waals surface area contributed by atoms with Crippen LogP contribution in [0.25, 0.3) is 0 Å². The lowest BCUT2D eigenvalue weighted by Gasteiger charge is -2.30. The summed E-state index contributed by atoms with van der Waals surface area (Å²) in [5, 5.41) is 0. The Morgan fingerprint density at radius 3 is 2.11 bits per heavy atom. The summed E-state index contributed by atoms with van der Waals surface area (Å²) >= 11 is 0. The fourth-order valence-electron chi connectivity index (χ4n) is 1.42. The average Bonchev–Trinajstić information content (AvgIpc) is 1.90. The Morgan fingerprint density at radius 1 is 1.22 bits per heavy atom. The molecule has 0 heterocycles. The molecule has 0 bridgehead atoms. The van der Waals surface area contributed by atoms with Gasteiger partial charge in [0.1, 0.15) is 0 Å². The third kappa shape index (κ3) is 1.66. The van der Waals surface area contributed by atoms with Crippen molar-refractivity contribution in [3.63, 3.8) is 0 Å². The first kappa shape index (κ1) is 7.03. The molecule has 0 spiro atoms. The van der Waals surface area contributed by atoms with Crippen LogP contribution in [-0.4, -0.2) is 5.60 Å². The van der Waals surface area contributed by atoms with E-state index >= 15 is 0 Å². The van der Waals surface area contributed by atoms with Crippen molar-refractivity contribution in [2.45, 2.75) is 44.6 Å². The molecule has 0 unspecified atom stereocenters. The molecule has 9 heavy (non-hydrogen) atoms. The molecule has 2 heteroatoms. The zero-order valence-electron chi connectivity index (χ0n) is 6.02. The minimum atomic E-state index is -0.00174. The third-order valence-electron chi connectivity index (χ3n) is 2.20. The van der Waals surface area contributed by atoms with Crippen molar-refractivity contribution in [3.05, 3.63) is 0 Å². The first-order valence-corrected chi connectivity index (χ1v) is 3.65. The zero-order valence-corrected chi connectivity index (χ0v) is 6.02. The molecule has 1 saturated carbocycles. The molecule has 1 fully saturated rings. The van der Waals surface area contributed by atoms with E-state index < -0.39 is 0 Å². The van der Waals surface area contributed by atoms with Gasteiger partial charge in [0.05, 0.1) is 5.60 Å². The highest BCUT2D eigenvalue weighted by Crippen LogP contribution is 2.29. The molecule has 0 amide bonds. The van der Waals surface area contributed by atoms with Crippen LogP contribution in [0.15, 0.2) is 0 Å². The molecule has 1 aliphatic rings. The van der Waals surface area contributed by atoms with Gasteiger partial charge in [-0.05, 0) is 19.8 Å². The summed E-state index contributed by atoms with van der Waals surface area (Å²) in [5.74, 6) is 5.14. The van der Waals surface area contributed by atoms with Gasteiger partial charge in [0, 0.05) is 0 Å². The van der Waals surface area contributed by atoms with Crippen LogP contribution in [0.3, 0.4) is 0 Å². The smallest absolute Gasteiger partial charge is 0.0865 e. The molecule has 0 atom stereocenters. The SMILES string of the molecule is CC1(ON)CCCCC1. The predicted molar refractivity (Wildman–Crippen MR) is 36.8 cm³/mol. The molecule has 2 N–H and O–H groups in total. The van der Waals surface area contributed by atoms with Crippen LogP contribution >= 0.6 is 0 Å². The Bertz CT molecular complexity index is 86.9. The molecule has 1 aliphatic carbocycles. The van der Waals surface area contributed by atoms with Crippen LogP contribution in [0.2, 0.25) is 0 Å². The Hall–Kier alpha value is -0.0800. The van der Waals surface area contributed by atoms with E-state index in [9.17, 15) is 0 Å². The van der Waals surface area contributed by atoms with E-state index in [1.807, 2.05) is 0 Å². The van der Waals surface area contributed by atoms with E-state index in [1.165, 1.54) is 19.3 Å². The lowest BCUT2D eigenvalue weighted by Crippen LogP contribution is -2.33. The van der Waals surface area contributed by atoms with Gasteiger partial charge in [-0.15, -0.1) is 0 Å². The van der Waals surface area contributed by atoms with Gasteiger partial charge >= 0.3 is 0 Å². The van der Waals surface area contributed by atoms with Crippen LogP contribution in [0, 0.1) is 0 Å². The largest absolute Gasteiger partial charge is 0.298 e. The maximum atomic E-state index is 5.14. The van der Waals surface area contributed by atoms with Crippen LogP contribution in [0.4, 0.5) is 0 Å². The van der Waals surface area contributed by atoms with Crippen molar-refractivity contribution in [1.82, 2.24) is 0 Å². The van der Waals surface area contributed by atoms with Gasteiger partial charge < -0.3 is 0 Å². The topological polar surface area (TPSA) is 35.2 Å². The number of rotatable bonds is 1. The first-order valence-electron chi connectivity index (χ1n) is 3.65. The highest BCUT2D eigenvalue weighted by molar-refractivity contribution is 4.77. The standard InChI is InChI=1S/C7H15NO/c1-7(9-8)5-3-2-4-6-7/h2-6,8H2,1H3. The number of hydrogen-bond donors (Lipinski definition) is 1. The van der Waals surface area contributed by atoms with Crippen molar-refractivity contribution >= 4 is 0 Å². The Balaban J connectivity index is 2.37. The Labute approximate surface area is 56.3 Å². The lowest BCUT2D eigenvalue weighted by atomic mass is 9.87. The molecule has 0 saturated heterocycles. The van der Waals surface area contributed by atoms with E-state index in [0.29, 0.717) is 0 Å². The molecule has 0 aromatic rings. The monoisotopic (exact) mass is 129 g/mol. The summed E-state index contributed by atoms with van der Waals surface area (Å²) in [6.45, 7) is 2.09. The molecule has 0 radical (unpaired) electrons. The van der Waals surface area contributed by atoms with E-state index in [4.69, 9.17) is 10.7 Å². The minimum Gasteiger partial charge on any atom is -0.298 e. The Kier molecular flexibility index (Phi) is 2.09. The van der Waals surface area contributed by atoms with Crippen LogP contribution in [0.1, 0.15) is 39.0 Å². The van der Waals surface area contributed by atoms with Crippen LogP contribution < -0.4 is 5.90 Å². The third-order valence-corrected chi connectivity index (χ3v) is 2.20. The summed E-state index contributed by atoms with van der Waals surface area (Å²) in [5.41, 5.74) is -0.00174. The molecule has 1 rings (SSSR count). The highest BCUT2D eigenvalue weighted by atomic mass is 16.6. The second kappa shape index (κ2) is 2.67. The molecular weight excluding hydrogens is 114 g/mol. The summed E-state index contributed by atoms with van der Waals surface area (Å²) in [7, 11) is 0. The van der Waals surface area contributed by atoms with Crippen LogP contribution in [-0.2, 0) is 4.84 Å². The van der Waals surface area contributed by atoms with Crippen molar-refractivity contribution in [2.75, 3.05) is 0 Å². The predicted octanol–water partition coefficient (Wildman–Crippen LogP) is 1.60. The van der Waals surface area contributed by atoms with Gasteiger partial charge in [-0.1, -0.05) is 19.3 Å². The van der Waals surface area contributed by atoms with Gasteiger partial charge in [0.15, 0.2) is 0 Å². The lowest BCUT2D eigenvalue weighted by molar-refractivity contribution is -0.0584. The van der Waals surface area contributed by atoms with Gasteiger partial charge in [0.25, 0.3) is 0 Å². The average molecular weight is 129 g/mol. The second-order valence-corrected chi connectivity index (χ2v) is 3.13. The summed E-state index contributed by atoms with van der Waals surface area (Å²) < 4.78 is 0. The van der Waals surface area contributed by atoms with E-state index in [2.05, 4.69) is 6.92 Å². The maximum Gasteiger partial charge on any atom is 0.0865 e. The van der Waals surface area contributed by atoms with E-state index in [0.717, 1.165) is 12.8 Å². The summed E-state index contributed by atoms with van der Waals surface area (Å²) in [4.78, 5) is 4.88. The molecule has 0 aliphatic heterocycles. The fourth-order valence-corrected chi connectivity index (χ4v) is 1.42.